The fourth-order valence-corrected chi connectivity index (χ4v) is 2.11. The molecule has 104 valence electrons. The van der Waals surface area contributed by atoms with Crippen LogP contribution in [0.4, 0.5) is 8.78 Å². The number of amidine groups is 1. The molecule has 0 fully saturated rings. The molecule has 0 radical (unpaired) electrons. The molecule has 20 heavy (non-hydrogen) atoms. The van der Waals surface area contributed by atoms with Crippen LogP contribution in [0.1, 0.15) is 5.56 Å². The van der Waals surface area contributed by atoms with E-state index >= 15 is 0 Å². The number of rotatable bonds is 3. The number of benzene rings is 2. The van der Waals surface area contributed by atoms with Crippen LogP contribution >= 0.6 is 15.9 Å². The molecular weight excluding hydrogens is 334 g/mol. The highest BCUT2D eigenvalue weighted by atomic mass is 79.9. The van der Waals surface area contributed by atoms with E-state index in [1.165, 1.54) is 6.07 Å². The monoisotopic (exact) mass is 342 g/mol. The van der Waals surface area contributed by atoms with Crippen LogP contribution in [-0.4, -0.2) is 11.0 Å². The Hall–Kier alpha value is -2.15. The van der Waals surface area contributed by atoms with E-state index in [2.05, 4.69) is 21.1 Å². The van der Waals surface area contributed by atoms with Gasteiger partial charge in [0, 0.05) is 10.5 Å². The molecule has 4 nitrogen and oxygen atoms in total. The van der Waals surface area contributed by atoms with Crippen LogP contribution in [-0.2, 0) is 0 Å². The van der Waals surface area contributed by atoms with Gasteiger partial charge in [0.1, 0.15) is 11.6 Å². The first-order chi connectivity index (χ1) is 9.52. The minimum absolute atomic E-state index is 0.124. The van der Waals surface area contributed by atoms with Gasteiger partial charge in [-0.05, 0) is 40.2 Å². The third-order valence-corrected chi connectivity index (χ3v) is 3.11. The second-order valence-electron chi connectivity index (χ2n) is 3.78. The van der Waals surface area contributed by atoms with E-state index < -0.39 is 11.6 Å². The molecule has 0 spiro atoms. The number of halogens is 3. The van der Waals surface area contributed by atoms with Gasteiger partial charge in [0.05, 0.1) is 5.56 Å². The molecule has 0 saturated carbocycles. The summed E-state index contributed by atoms with van der Waals surface area (Å²) in [5.41, 5.74) is 5.77. The molecule has 2 rings (SSSR count). The van der Waals surface area contributed by atoms with Crippen molar-refractivity contribution >= 4 is 21.8 Å². The van der Waals surface area contributed by atoms with E-state index in [1.54, 1.807) is 12.1 Å². The van der Waals surface area contributed by atoms with Crippen LogP contribution in [0.25, 0.3) is 0 Å². The van der Waals surface area contributed by atoms with E-state index in [4.69, 9.17) is 15.7 Å². The highest BCUT2D eigenvalue weighted by molar-refractivity contribution is 9.10. The van der Waals surface area contributed by atoms with Crippen molar-refractivity contribution in [3.63, 3.8) is 0 Å². The summed E-state index contributed by atoms with van der Waals surface area (Å²) in [6, 6.07) is 7.58. The summed E-state index contributed by atoms with van der Waals surface area (Å²) in [5, 5.41) is 11.6. The zero-order valence-corrected chi connectivity index (χ0v) is 11.6. The fourth-order valence-electron chi connectivity index (χ4n) is 1.56. The lowest BCUT2D eigenvalue weighted by atomic mass is 10.2. The Morgan fingerprint density at radius 3 is 2.65 bits per heavy atom. The predicted molar refractivity (Wildman–Crippen MR) is 73.1 cm³/mol. The largest absolute Gasteiger partial charge is 0.453 e. The summed E-state index contributed by atoms with van der Waals surface area (Å²) in [6.45, 7) is 0. The van der Waals surface area contributed by atoms with Crippen LogP contribution in [0.2, 0.25) is 0 Å². The maximum Gasteiger partial charge on any atom is 0.175 e. The van der Waals surface area contributed by atoms with Crippen LogP contribution in [0.15, 0.2) is 46.0 Å². The zero-order valence-electron chi connectivity index (χ0n) is 9.98. The van der Waals surface area contributed by atoms with Crippen LogP contribution in [0.5, 0.6) is 11.5 Å². The van der Waals surface area contributed by atoms with Gasteiger partial charge < -0.3 is 15.7 Å². The van der Waals surface area contributed by atoms with Gasteiger partial charge in [0.15, 0.2) is 17.4 Å². The molecule has 0 saturated heterocycles. The van der Waals surface area contributed by atoms with Gasteiger partial charge in [-0.3, -0.25) is 0 Å². The summed E-state index contributed by atoms with van der Waals surface area (Å²) < 4.78 is 32.5. The summed E-state index contributed by atoms with van der Waals surface area (Å²) in [7, 11) is 0. The molecule has 0 heterocycles. The van der Waals surface area contributed by atoms with E-state index in [0.717, 1.165) is 18.2 Å². The van der Waals surface area contributed by atoms with Gasteiger partial charge in [-0.2, -0.15) is 0 Å². The number of nitrogens with two attached hydrogens (primary N) is 1. The highest BCUT2D eigenvalue weighted by Crippen LogP contribution is 2.32. The second-order valence-corrected chi connectivity index (χ2v) is 4.63. The van der Waals surface area contributed by atoms with Gasteiger partial charge in [-0.15, -0.1) is 0 Å². The Labute approximate surface area is 121 Å². The van der Waals surface area contributed by atoms with Crippen molar-refractivity contribution < 1.29 is 18.7 Å². The van der Waals surface area contributed by atoms with Crippen molar-refractivity contribution in [2.45, 2.75) is 0 Å². The van der Waals surface area contributed by atoms with Gasteiger partial charge in [-0.1, -0.05) is 11.2 Å². The smallest absolute Gasteiger partial charge is 0.175 e. The SMILES string of the molecule is N/C(=N/O)c1c(Br)cccc1Oc1cc(F)ccc1F. The summed E-state index contributed by atoms with van der Waals surface area (Å²) in [6.07, 6.45) is 0. The molecule has 7 heteroatoms. The van der Waals surface area contributed by atoms with E-state index in [-0.39, 0.29) is 22.9 Å². The van der Waals surface area contributed by atoms with Crippen molar-refractivity contribution in [1.29, 1.82) is 0 Å². The molecule has 2 aromatic carbocycles. The average molecular weight is 343 g/mol. The molecule has 0 aliphatic carbocycles. The summed E-state index contributed by atoms with van der Waals surface area (Å²) in [4.78, 5) is 0. The molecule has 0 aliphatic heterocycles. The van der Waals surface area contributed by atoms with Crippen LogP contribution < -0.4 is 10.5 Å². The van der Waals surface area contributed by atoms with Gasteiger partial charge in [0.2, 0.25) is 0 Å². The molecule has 0 bridgehead atoms. The maximum absolute atomic E-state index is 13.6. The maximum atomic E-state index is 13.6. The van der Waals surface area contributed by atoms with Crippen molar-refractivity contribution in [1.82, 2.24) is 0 Å². The number of nitrogens with zero attached hydrogens (tertiary/aromatic N) is 1. The Morgan fingerprint density at radius 2 is 1.95 bits per heavy atom. The molecule has 0 amide bonds. The molecule has 0 aromatic heterocycles. The number of hydrogen-bond acceptors (Lipinski definition) is 3. The predicted octanol–water partition coefficient (Wildman–Crippen LogP) is 3.61. The van der Waals surface area contributed by atoms with Crippen molar-refractivity contribution in [2.24, 2.45) is 10.9 Å². The lowest BCUT2D eigenvalue weighted by Crippen LogP contribution is -2.15. The molecular formula is C13H9BrF2N2O2. The number of hydrogen-bond donors (Lipinski definition) is 2. The second kappa shape index (κ2) is 5.87. The van der Waals surface area contributed by atoms with Crippen molar-refractivity contribution in [2.75, 3.05) is 0 Å². The normalized spacial score (nSPS) is 11.4. The lowest BCUT2D eigenvalue weighted by molar-refractivity contribution is 0.318. The first-order valence-corrected chi connectivity index (χ1v) is 6.21. The average Bonchev–Trinajstić information content (AvgIpc) is 2.42. The molecule has 0 aliphatic rings. The Bertz CT molecular complexity index is 677. The number of ether oxygens (including phenoxy) is 1. The molecule has 0 atom stereocenters. The Kier molecular flexibility index (Phi) is 4.19. The first-order valence-electron chi connectivity index (χ1n) is 5.42. The van der Waals surface area contributed by atoms with Gasteiger partial charge in [-0.25, -0.2) is 8.78 Å². The quantitative estimate of drug-likeness (QED) is 0.387. The minimum Gasteiger partial charge on any atom is -0.453 e. The van der Waals surface area contributed by atoms with Crippen LogP contribution in [0, 0.1) is 11.6 Å². The summed E-state index contributed by atoms with van der Waals surface area (Å²) in [5.74, 6) is -1.75. The molecule has 3 N–H and O–H groups in total. The van der Waals surface area contributed by atoms with E-state index in [9.17, 15) is 8.78 Å². The zero-order chi connectivity index (χ0) is 14.7. The Balaban J connectivity index is 2.49. The minimum atomic E-state index is -0.725. The lowest BCUT2D eigenvalue weighted by Gasteiger charge is -2.12. The summed E-state index contributed by atoms with van der Waals surface area (Å²) >= 11 is 3.22. The van der Waals surface area contributed by atoms with Crippen molar-refractivity contribution in [3.8, 4) is 11.5 Å². The standard InChI is InChI=1S/C13H9BrF2N2O2/c14-8-2-1-3-10(12(8)13(17)18-19)20-11-6-7(15)4-5-9(11)16/h1-6,19H,(H2,17,18). The number of oxime groups is 1. The third kappa shape index (κ3) is 2.88. The molecule has 0 unspecified atom stereocenters. The third-order valence-electron chi connectivity index (χ3n) is 2.45. The van der Waals surface area contributed by atoms with Gasteiger partial charge >= 0.3 is 0 Å². The highest BCUT2D eigenvalue weighted by Gasteiger charge is 2.15. The van der Waals surface area contributed by atoms with E-state index in [0.29, 0.717) is 4.47 Å². The topological polar surface area (TPSA) is 67.8 Å². The van der Waals surface area contributed by atoms with Gasteiger partial charge in [0.25, 0.3) is 0 Å². The van der Waals surface area contributed by atoms with Crippen molar-refractivity contribution in [3.05, 3.63) is 58.1 Å². The fraction of sp³-hybridized carbons (Fsp3) is 0. The molecule has 2 aromatic rings. The Morgan fingerprint density at radius 1 is 1.20 bits per heavy atom. The van der Waals surface area contributed by atoms with E-state index in [1.807, 2.05) is 0 Å². The van der Waals surface area contributed by atoms with Crippen LogP contribution in [0.3, 0.4) is 0 Å². The first kappa shape index (κ1) is 14.3.